The first-order valence-electron chi connectivity index (χ1n) is 3.51. The SMILES string of the molecule is N#CSCc1c(F)c(F)c(F)c(F)c1F. The molecule has 1 nitrogen and oxygen atoms in total. The number of hydrogen-bond donors (Lipinski definition) is 0. The second-order valence-corrected chi connectivity index (χ2v) is 3.19. The summed E-state index contributed by atoms with van der Waals surface area (Å²) in [5.41, 5.74) is -0.988. The number of thioether (sulfide) groups is 1. The molecule has 0 unspecified atom stereocenters. The van der Waals surface area contributed by atoms with Gasteiger partial charge in [0.1, 0.15) is 5.40 Å². The molecule has 0 amide bonds. The first-order chi connectivity index (χ1) is 7.00. The molecule has 1 aromatic rings. The minimum absolute atomic E-state index is 0.383. The van der Waals surface area contributed by atoms with Crippen LogP contribution in [-0.4, -0.2) is 0 Å². The molecule has 1 aromatic carbocycles. The van der Waals surface area contributed by atoms with E-state index < -0.39 is 40.4 Å². The number of nitrogens with zero attached hydrogens (tertiary/aromatic N) is 1. The zero-order chi connectivity index (χ0) is 11.6. The standard InChI is InChI=1S/C8H2F5NS/c9-4-3(1-15-2-14)5(10)7(12)8(13)6(4)11/h1H2. The van der Waals surface area contributed by atoms with Gasteiger partial charge in [0.25, 0.3) is 0 Å². The smallest absolute Gasteiger partial charge is 0.200 e. The van der Waals surface area contributed by atoms with Gasteiger partial charge in [-0.2, -0.15) is 5.26 Å². The molecule has 0 radical (unpaired) electrons. The Morgan fingerprint density at radius 1 is 0.867 bits per heavy atom. The van der Waals surface area contributed by atoms with Gasteiger partial charge in [-0.15, -0.1) is 0 Å². The fourth-order valence-electron chi connectivity index (χ4n) is 0.882. The fourth-order valence-corrected chi connectivity index (χ4v) is 1.34. The van der Waals surface area contributed by atoms with E-state index in [-0.39, 0.29) is 0 Å². The van der Waals surface area contributed by atoms with Crippen molar-refractivity contribution in [3.8, 4) is 5.40 Å². The molecule has 0 N–H and O–H groups in total. The highest BCUT2D eigenvalue weighted by molar-refractivity contribution is 8.02. The third kappa shape index (κ3) is 2.04. The lowest BCUT2D eigenvalue weighted by molar-refractivity contribution is 0.372. The van der Waals surface area contributed by atoms with Gasteiger partial charge >= 0.3 is 0 Å². The van der Waals surface area contributed by atoms with Crippen molar-refractivity contribution in [2.75, 3.05) is 0 Å². The quantitative estimate of drug-likeness (QED) is 0.342. The van der Waals surface area contributed by atoms with Gasteiger partial charge in [0.15, 0.2) is 23.3 Å². The molecule has 0 saturated heterocycles. The molecule has 80 valence electrons. The van der Waals surface area contributed by atoms with Crippen LogP contribution in [0.5, 0.6) is 0 Å². The molecule has 0 fully saturated rings. The predicted octanol–water partition coefficient (Wildman–Crippen LogP) is 3.10. The van der Waals surface area contributed by atoms with E-state index >= 15 is 0 Å². The Morgan fingerprint density at radius 3 is 1.67 bits per heavy atom. The van der Waals surface area contributed by atoms with E-state index in [0.717, 1.165) is 0 Å². The molecule has 0 bridgehead atoms. The van der Waals surface area contributed by atoms with Crippen molar-refractivity contribution in [1.82, 2.24) is 0 Å². The van der Waals surface area contributed by atoms with Crippen molar-refractivity contribution >= 4 is 11.8 Å². The maximum absolute atomic E-state index is 12.9. The monoisotopic (exact) mass is 239 g/mol. The predicted molar refractivity (Wildman–Crippen MR) is 43.1 cm³/mol. The summed E-state index contributed by atoms with van der Waals surface area (Å²) in [4.78, 5) is 0. The molecule has 1 rings (SSSR count). The Balaban J connectivity index is 3.33. The van der Waals surface area contributed by atoms with Gasteiger partial charge in [0.05, 0.1) is 0 Å². The third-order valence-electron chi connectivity index (χ3n) is 1.58. The first kappa shape index (κ1) is 11.8. The number of nitriles is 1. The number of halogens is 5. The van der Waals surface area contributed by atoms with Crippen molar-refractivity contribution < 1.29 is 22.0 Å². The Labute approximate surface area is 85.5 Å². The molecule has 0 heterocycles. The van der Waals surface area contributed by atoms with Crippen LogP contribution in [0.2, 0.25) is 0 Å². The largest absolute Gasteiger partial charge is 0.203 e. The molecule has 0 saturated carbocycles. The zero-order valence-corrected chi connectivity index (χ0v) is 7.77. The van der Waals surface area contributed by atoms with Gasteiger partial charge in [0.2, 0.25) is 5.82 Å². The van der Waals surface area contributed by atoms with E-state index in [0.29, 0.717) is 11.8 Å². The Bertz CT molecular complexity index is 411. The zero-order valence-electron chi connectivity index (χ0n) is 6.95. The van der Waals surface area contributed by atoms with E-state index in [2.05, 4.69) is 0 Å². The summed E-state index contributed by atoms with van der Waals surface area (Å²) in [6.45, 7) is 0. The summed E-state index contributed by atoms with van der Waals surface area (Å²) in [7, 11) is 0. The average molecular weight is 239 g/mol. The van der Waals surface area contributed by atoms with Gasteiger partial charge in [-0.25, -0.2) is 22.0 Å². The van der Waals surface area contributed by atoms with E-state index in [1.54, 1.807) is 0 Å². The lowest BCUT2D eigenvalue weighted by Gasteiger charge is -2.05. The summed E-state index contributed by atoms with van der Waals surface area (Å²) < 4.78 is 63.4. The molecule has 7 heteroatoms. The van der Waals surface area contributed by atoms with E-state index in [1.807, 2.05) is 0 Å². The minimum atomic E-state index is -2.20. The molecule has 0 spiro atoms. The summed E-state index contributed by atoms with van der Waals surface area (Å²) in [5, 5.41) is 9.58. The highest BCUT2D eigenvalue weighted by Crippen LogP contribution is 2.25. The van der Waals surface area contributed by atoms with Gasteiger partial charge < -0.3 is 0 Å². The second-order valence-electron chi connectivity index (χ2n) is 2.43. The van der Waals surface area contributed by atoms with Gasteiger partial charge in [-0.1, -0.05) is 0 Å². The van der Waals surface area contributed by atoms with Crippen molar-refractivity contribution in [1.29, 1.82) is 5.26 Å². The first-order valence-corrected chi connectivity index (χ1v) is 4.50. The van der Waals surface area contributed by atoms with Gasteiger partial charge in [-0.3, -0.25) is 0 Å². The Morgan fingerprint density at radius 2 is 1.27 bits per heavy atom. The molecule has 15 heavy (non-hydrogen) atoms. The van der Waals surface area contributed by atoms with Gasteiger partial charge in [-0.05, 0) is 11.8 Å². The second kappa shape index (κ2) is 4.49. The van der Waals surface area contributed by atoms with Crippen LogP contribution >= 0.6 is 11.8 Å². The fraction of sp³-hybridized carbons (Fsp3) is 0.125. The highest BCUT2D eigenvalue weighted by atomic mass is 32.2. The van der Waals surface area contributed by atoms with Crippen LogP contribution in [0, 0.1) is 39.7 Å². The van der Waals surface area contributed by atoms with Crippen LogP contribution in [0.15, 0.2) is 0 Å². The minimum Gasteiger partial charge on any atom is -0.203 e. The van der Waals surface area contributed by atoms with Crippen LogP contribution < -0.4 is 0 Å². The van der Waals surface area contributed by atoms with E-state index in [9.17, 15) is 22.0 Å². The summed E-state index contributed by atoms with van der Waals surface area (Å²) >= 11 is 0.383. The summed E-state index contributed by atoms with van der Waals surface area (Å²) in [6, 6.07) is 0. The van der Waals surface area contributed by atoms with Crippen LogP contribution in [0.25, 0.3) is 0 Å². The van der Waals surface area contributed by atoms with E-state index in [4.69, 9.17) is 5.26 Å². The van der Waals surface area contributed by atoms with Crippen LogP contribution in [0.1, 0.15) is 5.56 Å². The number of benzene rings is 1. The highest BCUT2D eigenvalue weighted by Gasteiger charge is 2.25. The summed E-state index contributed by atoms with van der Waals surface area (Å²) in [5.74, 6) is -10.6. The normalized spacial score (nSPS) is 10.1. The Hall–Kier alpha value is -1.29. The Kier molecular flexibility index (Phi) is 3.52. The maximum Gasteiger partial charge on any atom is 0.200 e. The molecule has 0 aliphatic carbocycles. The molecule has 0 atom stereocenters. The van der Waals surface area contributed by atoms with Gasteiger partial charge in [0, 0.05) is 11.3 Å². The van der Waals surface area contributed by atoms with E-state index in [1.165, 1.54) is 5.40 Å². The number of rotatable bonds is 2. The van der Waals surface area contributed by atoms with Crippen molar-refractivity contribution in [2.24, 2.45) is 0 Å². The van der Waals surface area contributed by atoms with Crippen molar-refractivity contribution in [3.63, 3.8) is 0 Å². The van der Waals surface area contributed by atoms with Crippen LogP contribution in [-0.2, 0) is 5.75 Å². The topological polar surface area (TPSA) is 23.8 Å². The molecular formula is C8H2F5NS. The molecular weight excluding hydrogens is 237 g/mol. The molecule has 0 aliphatic heterocycles. The lowest BCUT2D eigenvalue weighted by atomic mass is 10.2. The number of hydrogen-bond acceptors (Lipinski definition) is 2. The van der Waals surface area contributed by atoms with Crippen LogP contribution in [0.4, 0.5) is 22.0 Å². The average Bonchev–Trinajstić information content (AvgIpc) is 2.24. The maximum atomic E-state index is 12.9. The van der Waals surface area contributed by atoms with Crippen molar-refractivity contribution in [2.45, 2.75) is 5.75 Å². The molecule has 0 aromatic heterocycles. The van der Waals surface area contributed by atoms with Crippen LogP contribution in [0.3, 0.4) is 0 Å². The third-order valence-corrected chi connectivity index (χ3v) is 2.14. The number of thiocyanates is 1. The summed E-state index contributed by atoms with van der Waals surface area (Å²) in [6.07, 6.45) is 0. The lowest BCUT2D eigenvalue weighted by Crippen LogP contribution is -2.05. The van der Waals surface area contributed by atoms with Crippen molar-refractivity contribution in [3.05, 3.63) is 34.6 Å². The molecule has 0 aliphatic rings.